The summed E-state index contributed by atoms with van der Waals surface area (Å²) in [6.07, 6.45) is -4.74. The first-order valence-electron chi connectivity index (χ1n) is 14.1. The molecular formula is C33H28BrF3N2O5. The van der Waals surface area contributed by atoms with Gasteiger partial charge in [-0.25, -0.2) is 4.98 Å². The largest absolute Gasteiger partial charge is 0.573 e. The molecule has 0 spiro atoms. The zero-order valence-electron chi connectivity index (χ0n) is 23.6. The minimum Gasteiger partial charge on any atom is -0.484 e. The van der Waals surface area contributed by atoms with Gasteiger partial charge in [0.1, 0.15) is 6.10 Å². The Hall–Kier alpha value is -4.12. The molecule has 2 N–H and O–H groups in total. The number of para-hydroxylation sites is 2. The van der Waals surface area contributed by atoms with E-state index in [2.05, 4.69) is 26.0 Å². The summed E-state index contributed by atoms with van der Waals surface area (Å²) in [4.78, 5) is 31.7. The lowest BCUT2D eigenvalue weighted by Crippen LogP contribution is -2.67. The zero-order chi connectivity index (χ0) is 31.3. The van der Waals surface area contributed by atoms with Crippen LogP contribution in [0, 0.1) is 12.3 Å². The number of aliphatic carboxylic acids is 1. The van der Waals surface area contributed by atoms with Gasteiger partial charge in [0.05, 0.1) is 27.7 Å². The van der Waals surface area contributed by atoms with Gasteiger partial charge in [-0.05, 0) is 68.5 Å². The molecule has 3 aromatic carbocycles. The Bertz CT molecular complexity index is 1750. The third kappa shape index (κ3) is 5.49. The second-order valence-electron chi connectivity index (χ2n) is 11.5. The van der Waals surface area contributed by atoms with Crippen LogP contribution in [0.15, 0.2) is 77.3 Å². The number of benzene rings is 3. The van der Waals surface area contributed by atoms with E-state index in [4.69, 9.17) is 9.72 Å². The summed E-state index contributed by atoms with van der Waals surface area (Å²) in [6.45, 7) is 1.83. The van der Waals surface area contributed by atoms with Gasteiger partial charge in [0.25, 0.3) is 5.91 Å². The molecular weight excluding hydrogens is 641 g/mol. The Balaban J connectivity index is 1.42. The molecule has 44 heavy (non-hydrogen) atoms. The summed E-state index contributed by atoms with van der Waals surface area (Å²) >= 11 is 3.50. The highest BCUT2D eigenvalue weighted by Gasteiger charge is 2.60. The van der Waals surface area contributed by atoms with Crippen molar-refractivity contribution in [2.75, 3.05) is 0 Å². The number of carboxylic acids is 1. The van der Waals surface area contributed by atoms with Crippen molar-refractivity contribution in [2.45, 2.75) is 57.0 Å². The first-order valence-corrected chi connectivity index (χ1v) is 14.9. The molecule has 1 amide bonds. The number of nitrogens with one attached hydrogen (secondary N) is 1. The maximum absolute atomic E-state index is 14.4. The lowest BCUT2D eigenvalue weighted by molar-refractivity contribution is -0.275. The van der Waals surface area contributed by atoms with Crippen LogP contribution in [-0.2, 0) is 4.79 Å². The first-order chi connectivity index (χ1) is 20.9. The van der Waals surface area contributed by atoms with Crippen LogP contribution in [0.2, 0.25) is 0 Å². The second kappa shape index (κ2) is 11.1. The number of aromatic nitrogens is 1. The molecule has 0 aliphatic heterocycles. The van der Waals surface area contributed by atoms with E-state index < -0.39 is 41.0 Å². The monoisotopic (exact) mass is 668 g/mol. The number of halogens is 4. The summed E-state index contributed by atoms with van der Waals surface area (Å²) in [5.74, 6) is -2.11. The number of alkyl halides is 3. The van der Waals surface area contributed by atoms with Gasteiger partial charge in [0.2, 0.25) is 0 Å². The van der Waals surface area contributed by atoms with Crippen LogP contribution in [0.25, 0.3) is 22.2 Å². The molecule has 4 aromatic rings. The van der Waals surface area contributed by atoms with Gasteiger partial charge in [-0.1, -0.05) is 58.4 Å². The standard InChI is InChI=1S/C33H28BrF3N2O5/c1-19-27(22-17-21(34)11-12-23(22)38-28(19)20-7-3-2-4-8-20)29(40)39-32-15-13-31(14-16-32,30(41)42)18-26(32)43-24-9-5-6-10-25(24)44-33(35,36)37/h2-12,17,26H,13-16,18H2,1H3,(H,39,40)(H,41,42). The average molecular weight is 669 g/mol. The quantitative estimate of drug-likeness (QED) is 0.208. The molecule has 1 unspecified atom stereocenters. The van der Waals surface area contributed by atoms with Crippen molar-refractivity contribution in [3.63, 3.8) is 0 Å². The minimum absolute atomic E-state index is 0.0137. The maximum atomic E-state index is 14.4. The Morgan fingerprint density at radius 1 is 0.977 bits per heavy atom. The highest BCUT2D eigenvalue weighted by Crippen LogP contribution is 2.54. The number of amides is 1. The number of rotatable bonds is 7. The van der Waals surface area contributed by atoms with Crippen molar-refractivity contribution < 1.29 is 37.3 Å². The summed E-state index contributed by atoms with van der Waals surface area (Å²) in [5.41, 5.74) is 1.01. The summed E-state index contributed by atoms with van der Waals surface area (Å²) in [5, 5.41) is 14.0. The molecule has 3 aliphatic rings. The molecule has 3 saturated carbocycles. The number of hydrogen-bond acceptors (Lipinski definition) is 5. The van der Waals surface area contributed by atoms with Gasteiger partial charge in [-0.2, -0.15) is 0 Å². The Labute approximate surface area is 259 Å². The number of nitrogens with zero attached hydrogens (tertiary/aromatic N) is 1. The predicted molar refractivity (Wildman–Crippen MR) is 161 cm³/mol. The molecule has 2 bridgehead atoms. The maximum Gasteiger partial charge on any atom is 0.573 e. The Morgan fingerprint density at radius 3 is 2.30 bits per heavy atom. The Kier molecular flexibility index (Phi) is 7.55. The van der Waals surface area contributed by atoms with E-state index in [1.807, 2.05) is 55.5 Å². The van der Waals surface area contributed by atoms with E-state index in [0.717, 1.165) is 16.1 Å². The van der Waals surface area contributed by atoms with Crippen LogP contribution in [-0.4, -0.2) is 40.0 Å². The van der Waals surface area contributed by atoms with Gasteiger partial charge >= 0.3 is 12.3 Å². The zero-order valence-corrected chi connectivity index (χ0v) is 25.2. The number of ether oxygens (including phenoxy) is 2. The average Bonchev–Trinajstić information content (AvgIpc) is 2.98. The fourth-order valence-electron chi connectivity index (χ4n) is 6.61. The van der Waals surface area contributed by atoms with Crippen molar-refractivity contribution in [3.8, 4) is 22.8 Å². The molecule has 1 aromatic heterocycles. The summed E-state index contributed by atoms with van der Waals surface area (Å²) in [7, 11) is 0. The smallest absolute Gasteiger partial charge is 0.484 e. The highest BCUT2D eigenvalue weighted by molar-refractivity contribution is 9.10. The normalized spacial score (nSPS) is 22.9. The molecule has 7 nitrogen and oxygen atoms in total. The SMILES string of the molecule is Cc1c(-c2ccccc2)nc2ccc(Br)cc2c1C(=O)NC12CCC(C(=O)O)(CC1)CC2Oc1ccccc1OC(F)(F)F. The lowest BCUT2D eigenvalue weighted by atomic mass is 9.55. The van der Waals surface area contributed by atoms with Gasteiger partial charge in [0.15, 0.2) is 11.5 Å². The third-order valence-electron chi connectivity index (χ3n) is 8.92. The number of hydrogen-bond donors (Lipinski definition) is 2. The summed E-state index contributed by atoms with van der Waals surface area (Å²) < 4.78 is 50.7. The topological polar surface area (TPSA) is 97.8 Å². The van der Waals surface area contributed by atoms with Gasteiger partial charge in [-0.15, -0.1) is 13.2 Å². The van der Waals surface area contributed by atoms with Crippen molar-refractivity contribution in [2.24, 2.45) is 5.41 Å². The van der Waals surface area contributed by atoms with E-state index in [1.165, 1.54) is 18.2 Å². The van der Waals surface area contributed by atoms with E-state index in [-0.39, 0.29) is 25.0 Å². The van der Waals surface area contributed by atoms with E-state index >= 15 is 0 Å². The van der Waals surface area contributed by atoms with Crippen LogP contribution < -0.4 is 14.8 Å². The van der Waals surface area contributed by atoms with Crippen molar-refractivity contribution in [1.29, 1.82) is 0 Å². The van der Waals surface area contributed by atoms with Gasteiger partial charge in [-0.3, -0.25) is 9.59 Å². The van der Waals surface area contributed by atoms with Gasteiger partial charge < -0.3 is 19.9 Å². The van der Waals surface area contributed by atoms with Crippen molar-refractivity contribution in [1.82, 2.24) is 10.3 Å². The highest BCUT2D eigenvalue weighted by atomic mass is 79.9. The van der Waals surface area contributed by atoms with Gasteiger partial charge in [0, 0.05) is 21.8 Å². The molecule has 3 fully saturated rings. The van der Waals surface area contributed by atoms with Crippen LogP contribution in [0.5, 0.6) is 11.5 Å². The second-order valence-corrected chi connectivity index (χ2v) is 12.4. The minimum atomic E-state index is -4.95. The molecule has 0 saturated heterocycles. The van der Waals surface area contributed by atoms with Crippen molar-refractivity contribution >= 4 is 38.7 Å². The molecule has 3 aliphatic carbocycles. The van der Waals surface area contributed by atoms with Crippen LogP contribution in [0.4, 0.5) is 13.2 Å². The Morgan fingerprint density at radius 2 is 1.64 bits per heavy atom. The number of fused-ring (bicyclic) bond motifs is 4. The fraction of sp³-hybridized carbons (Fsp3) is 0.303. The number of pyridine rings is 1. The number of carbonyl (C=O) groups excluding carboxylic acids is 1. The number of carbonyl (C=O) groups is 2. The van der Waals surface area contributed by atoms with E-state index in [1.54, 1.807) is 0 Å². The first kappa shape index (κ1) is 29.9. The summed E-state index contributed by atoms with van der Waals surface area (Å²) in [6, 6.07) is 20.4. The van der Waals surface area contributed by atoms with E-state index in [0.29, 0.717) is 40.6 Å². The fourth-order valence-corrected chi connectivity index (χ4v) is 6.97. The molecule has 11 heteroatoms. The van der Waals surface area contributed by atoms with Crippen LogP contribution >= 0.6 is 15.9 Å². The number of carboxylic acid groups (broad SMARTS) is 1. The van der Waals surface area contributed by atoms with Crippen molar-refractivity contribution in [3.05, 3.63) is 88.4 Å². The molecule has 7 rings (SSSR count). The molecule has 1 heterocycles. The van der Waals surface area contributed by atoms with Crippen LogP contribution in [0.1, 0.15) is 48.0 Å². The predicted octanol–water partition coefficient (Wildman–Crippen LogP) is 7.84. The molecule has 1 atom stereocenters. The molecule has 0 radical (unpaired) electrons. The van der Waals surface area contributed by atoms with E-state index in [9.17, 15) is 27.9 Å². The van der Waals surface area contributed by atoms with Crippen LogP contribution in [0.3, 0.4) is 0 Å². The molecule has 228 valence electrons. The lowest BCUT2D eigenvalue weighted by Gasteiger charge is -2.55. The third-order valence-corrected chi connectivity index (χ3v) is 9.41.